The summed E-state index contributed by atoms with van der Waals surface area (Å²) in [5.74, 6) is -4.91. The van der Waals surface area contributed by atoms with Gasteiger partial charge in [0, 0.05) is 40.4 Å². The van der Waals surface area contributed by atoms with Crippen LogP contribution in [-0.2, 0) is 19.2 Å². The van der Waals surface area contributed by atoms with E-state index in [2.05, 4.69) is 0 Å². The fourth-order valence-electron chi connectivity index (χ4n) is 1.48. The third kappa shape index (κ3) is 13.5. The van der Waals surface area contributed by atoms with Crippen LogP contribution in [0, 0.1) is 0 Å². The molecule has 10 nitrogen and oxygen atoms in total. The maximum Gasteiger partial charge on any atom is 0.317 e. The van der Waals surface area contributed by atoms with E-state index in [9.17, 15) is 19.2 Å². The molecule has 0 fully saturated rings. The Morgan fingerprint density at radius 3 is 0.905 bits per heavy atom. The van der Waals surface area contributed by atoms with Crippen molar-refractivity contribution < 1.29 is 39.6 Å². The Balaban J connectivity index is 0. The first-order valence-electron chi connectivity index (χ1n) is 5.52. The molecule has 0 aliphatic carbocycles. The zero-order chi connectivity index (χ0) is 15.7. The van der Waals surface area contributed by atoms with Crippen LogP contribution in [0.5, 0.6) is 0 Å². The Kier molecular flexibility index (Phi) is 11.9. The number of hydrogen-bond donors (Lipinski definition) is 4. The summed E-state index contributed by atoms with van der Waals surface area (Å²) in [6.45, 7) is -2.25. The number of aliphatic carboxylic acids is 4. The van der Waals surface area contributed by atoms with Gasteiger partial charge in [-0.1, -0.05) is 0 Å². The predicted octanol–water partition coefficient (Wildman–Crippen LogP) is -2.45. The topological polar surface area (TPSA) is 156 Å². The number of carboxylic acid groups (broad SMARTS) is 4. The van der Waals surface area contributed by atoms with Gasteiger partial charge in [0.15, 0.2) is 0 Å². The van der Waals surface area contributed by atoms with E-state index in [0.717, 1.165) is 9.80 Å². The zero-order valence-electron chi connectivity index (χ0n) is 11.1. The van der Waals surface area contributed by atoms with Crippen molar-refractivity contribution in [3.05, 3.63) is 0 Å². The van der Waals surface area contributed by atoms with Crippen molar-refractivity contribution in [1.29, 1.82) is 0 Å². The molecule has 0 amide bonds. The van der Waals surface area contributed by atoms with Crippen molar-refractivity contribution in [2.75, 3.05) is 39.3 Å². The van der Waals surface area contributed by atoms with Crippen LogP contribution in [0.4, 0.5) is 0 Å². The van der Waals surface area contributed by atoms with E-state index in [1.807, 2.05) is 0 Å². The molecular weight excluding hydrogens is 483 g/mol. The normalized spacial score (nSPS) is 10.2. The number of carbonyl (C=O) groups is 4. The largest absolute Gasteiger partial charge is 0.480 e. The fourth-order valence-corrected chi connectivity index (χ4v) is 1.48. The minimum Gasteiger partial charge on any atom is -0.480 e. The van der Waals surface area contributed by atoms with E-state index >= 15 is 0 Å². The van der Waals surface area contributed by atoms with Gasteiger partial charge in [0.1, 0.15) is 0 Å². The molecule has 0 spiro atoms. The molecule has 0 bridgehead atoms. The Hall–Kier alpha value is -1.28. The Morgan fingerprint density at radius 2 is 0.762 bits per heavy atom. The number of hydrogen-bond acceptors (Lipinski definition) is 6. The van der Waals surface area contributed by atoms with Gasteiger partial charge in [-0.25, -0.2) is 0 Å². The molecule has 0 saturated carbocycles. The second-order valence-electron chi connectivity index (χ2n) is 4.00. The summed E-state index contributed by atoms with van der Waals surface area (Å²) in [6.07, 6.45) is 0. The minimum atomic E-state index is -1.23. The summed E-state index contributed by atoms with van der Waals surface area (Å²) in [5, 5.41) is 34.5. The molecule has 0 aliphatic heterocycles. The van der Waals surface area contributed by atoms with E-state index in [1.54, 1.807) is 0 Å². The van der Waals surface area contributed by atoms with E-state index < -0.39 is 50.1 Å². The summed E-state index contributed by atoms with van der Waals surface area (Å²) in [5.41, 5.74) is 0. The number of carboxylic acids is 4. The molecular formula is C10H16N2O8Pb. The average molecular weight is 499 g/mol. The third-order valence-corrected chi connectivity index (χ3v) is 2.17. The van der Waals surface area contributed by atoms with Gasteiger partial charge < -0.3 is 20.4 Å². The van der Waals surface area contributed by atoms with Gasteiger partial charge in [0.2, 0.25) is 0 Å². The maximum absolute atomic E-state index is 10.6. The van der Waals surface area contributed by atoms with Crippen molar-refractivity contribution in [3.8, 4) is 0 Å². The Bertz CT molecular complexity index is 321. The van der Waals surface area contributed by atoms with Crippen LogP contribution in [0.1, 0.15) is 0 Å². The molecule has 11 heteroatoms. The SMILES string of the molecule is O=C(O)CN(CCN(CC(=O)O)CC(=O)O)CC(=O)O.[Pb]. The Morgan fingerprint density at radius 1 is 0.571 bits per heavy atom. The molecule has 0 saturated heterocycles. The standard InChI is InChI=1S/C10H16N2O8.Pb/c13-7(14)3-11(4-8(15)16)1-2-12(5-9(17)18)6-10(19)20;/h1-6H2,(H,13,14)(H,15,16)(H,17,18)(H,19,20);. The molecule has 0 rings (SSSR count). The van der Waals surface area contributed by atoms with Crippen LogP contribution in [0.25, 0.3) is 0 Å². The predicted molar refractivity (Wildman–Crippen MR) is 69.2 cm³/mol. The molecule has 0 aromatic rings. The summed E-state index contributed by atoms with van der Waals surface area (Å²) >= 11 is 0. The molecule has 4 radical (unpaired) electrons. The van der Waals surface area contributed by atoms with Gasteiger partial charge >= 0.3 is 23.9 Å². The van der Waals surface area contributed by atoms with Crippen LogP contribution < -0.4 is 0 Å². The third-order valence-electron chi connectivity index (χ3n) is 2.17. The van der Waals surface area contributed by atoms with Crippen molar-refractivity contribution in [1.82, 2.24) is 9.80 Å². The summed E-state index contributed by atoms with van der Waals surface area (Å²) in [7, 11) is 0. The van der Waals surface area contributed by atoms with Gasteiger partial charge in [-0.2, -0.15) is 0 Å². The molecule has 0 aromatic carbocycles. The Labute approximate surface area is 140 Å². The first-order valence-corrected chi connectivity index (χ1v) is 5.52. The van der Waals surface area contributed by atoms with Gasteiger partial charge in [-0.05, 0) is 0 Å². The molecule has 4 N–H and O–H groups in total. The van der Waals surface area contributed by atoms with Crippen molar-refractivity contribution in [3.63, 3.8) is 0 Å². The van der Waals surface area contributed by atoms with Crippen molar-refractivity contribution in [2.45, 2.75) is 0 Å². The second-order valence-corrected chi connectivity index (χ2v) is 4.00. The maximum atomic E-state index is 10.6. The van der Waals surface area contributed by atoms with Gasteiger partial charge in [0.25, 0.3) is 0 Å². The molecule has 118 valence electrons. The molecule has 0 unspecified atom stereocenters. The molecule has 0 aromatic heterocycles. The zero-order valence-corrected chi connectivity index (χ0v) is 14.9. The number of nitrogens with zero attached hydrogens (tertiary/aromatic N) is 2. The smallest absolute Gasteiger partial charge is 0.317 e. The average Bonchev–Trinajstić information content (AvgIpc) is 2.22. The fraction of sp³-hybridized carbons (Fsp3) is 0.600. The van der Waals surface area contributed by atoms with Crippen LogP contribution >= 0.6 is 0 Å². The van der Waals surface area contributed by atoms with Crippen LogP contribution in [0.15, 0.2) is 0 Å². The molecule has 21 heavy (non-hydrogen) atoms. The van der Waals surface area contributed by atoms with E-state index in [0.29, 0.717) is 0 Å². The van der Waals surface area contributed by atoms with Crippen LogP contribution in [0.3, 0.4) is 0 Å². The van der Waals surface area contributed by atoms with Crippen LogP contribution in [0.2, 0.25) is 0 Å². The summed E-state index contributed by atoms with van der Waals surface area (Å²) in [4.78, 5) is 44.4. The second kappa shape index (κ2) is 11.4. The minimum absolute atomic E-state index is 0. The summed E-state index contributed by atoms with van der Waals surface area (Å²) in [6, 6.07) is 0. The summed E-state index contributed by atoms with van der Waals surface area (Å²) < 4.78 is 0. The molecule has 0 aliphatic rings. The first-order chi connectivity index (χ1) is 9.20. The van der Waals surface area contributed by atoms with E-state index in [4.69, 9.17) is 20.4 Å². The van der Waals surface area contributed by atoms with E-state index in [1.165, 1.54) is 0 Å². The van der Waals surface area contributed by atoms with Crippen LogP contribution in [-0.4, -0.2) is 121 Å². The number of rotatable bonds is 11. The van der Waals surface area contributed by atoms with E-state index in [-0.39, 0.29) is 40.4 Å². The van der Waals surface area contributed by atoms with Crippen molar-refractivity contribution >= 4 is 51.2 Å². The van der Waals surface area contributed by atoms with Gasteiger partial charge in [0.05, 0.1) is 26.2 Å². The van der Waals surface area contributed by atoms with Gasteiger partial charge in [-0.15, -0.1) is 0 Å². The monoisotopic (exact) mass is 500 g/mol. The molecule has 0 atom stereocenters. The van der Waals surface area contributed by atoms with Crippen molar-refractivity contribution in [2.24, 2.45) is 0 Å². The van der Waals surface area contributed by atoms with Gasteiger partial charge in [-0.3, -0.25) is 29.0 Å². The first kappa shape index (κ1) is 22.0. The molecule has 0 heterocycles. The quantitative estimate of drug-likeness (QED) is 0.225.